The molecule has 0 spiro atoms. The van der Waals surface area contributed by atoms with Crippen molar-refractivity contribution in [2.75, 3.05) is 27.7 Å². The summed E-state index contributed by atoms with van der Waals surface area (Å²) < 4.78 is 0. The van der Waals surface area contributed by atoms with Crippen molar-refractivity contribution in [2.45, 2.75) is 13.0 Å². The summed E-state index contributed by atoms with van der Waals surface area (Å²) in [5.41, 5.74) is 3.04. The highest BCUT2D eigenvalue weighted by molar-refractivity contribution is 14.0. The van der Waals surface area contributed by atoms with Crippen LogP contribution < -0.4 is 10.6 Å². The number of nitrogens with zero attached hydrogens (tertiary/aromatic N) is 2. The van der Waals surface area contributed by atoms with Crippen LogP contribution in [0, 0.1) is 0 Å². The van der Waals surface area contributed by atoms with E-state index in [-0.39, 0.29) is 29.9 Å². The van der Waals surface area contributed by atoms with Crippen LogP contribution in [-0.2, 0) is 13.0 Å². The number of aliphatic imine (C=N–C) groups is 1. The number of hydrogen-bond donors (Lipinski definition) is 2. The zero-order valence-electron chi connectivity index (χ0n) is 17.7. The van der Waals surface area contributed by atoms with Gasteiger partial charge in [0, 0.05) is 39.8 Å². The summed E-state index contributed by atoms with van der Waals surface area (Å²) in [5, 5.41) is 9.18. The molecule has 0 aliphatic heterocycles. The van der Waals surface area contributed by atoms with Crippen molar-refractivity contribution in [3.8, 4) is 0 Å². The van der Waals surface area contributed by atoms with Gasteiger partial charge in [-0.25, -0.2) is 0 Å². The summed E-state index contributed by atoms with van der Waals surface area (Å²) in [6.45, 7) is 1.44. The summed E-state index contributed by atoms with van der Waals surface area (Å²) in [5.74, 6) is 0.784. The van der Waals surface area contributed by atoms with Crippen molar-refractivity contribution >= 4 is 46.6 Å². The van der Waals surface area contributed by atoms with Crippen LogP contribution in [0.15, 0.2) is 71.7 Å². The third kappa shape index (κ3) is 6.45. The van der Waals surface area contributed by atoms with E-state index in [1.807, 2.05) is 24.3 Å². The molecule has 0 fully saturated rings. The highest BCUT2D eigenvalue weighted by Gasteiger charge is 2.08. The van der Waals surface area contributed by atoms with Gasteiger partial charge in [-0.1, -0.05) is 48.5 Å². The maximum Gasteiger partial charge on any atom is 0.253 e. The molecule has 0 aliphatic carbocycles. The van der Waals surface area contributed by atoms with Gasteiger partial charge in [0.2, 0.25) is 0 Å². The van der Waals surface area contributed by atoms with Crippen molar-refractivity contribution in [3.63, 3.8) is 0 Å². The van der Waals surface area contributed by atoms with Gasteiger partial charge in [-0.05, 0) is 46.5 Å². The zero-order chi connectivity index (χ0) is 20.6. The normalized spacial score (nSPS) is 11.0. The number of amides is 1. The van der Waals surface area contributed by atoms with Gasteiger partial charge in [0.25, 0.3) is 5.91 Å². The molecule has 158 valence electrons. The van der Waals surface area contributed by atoms with E-state index >= 15 is 0 Å². The molecule has 30 heavy (non-hydrogen) atoms. The van der Waals surface area contributed by atoms with Crippen LogP contribution in [0.3, 0.4) is 0 Å². The third-order valence-electron chi connectivity index (χ3n) is 4.78. The minimum absolute atomic E-state index is 0. The van der Waals surface area contributed by atoms with E-state index in [9.17, 15) is 4.79 Å². The monoisotopic (exact) mass is 516 g/mol. The Balaban J connectivity index is 0.00000320. The van der Waals surface area contributed by atoms with Crippen molar-refractivity contribution in [3.05, 3.63) is 83.4 Å². The molecule has 0 unspecified atom stereocenters. The van der Waals surface area contributed by atoms with E-state index in [0.717, 1.165) is 24.5 Å². The van der Waals surface area contributed by atoms with Gasteiger partial charge < -0.3 is 15.5 Å². The van der Waals surface area contributed by atoms with Gasteiger partial charge in [0.05, 0.1) is 0 Å². The van der Waals surface area contributed by atoms with E-state index in [2.05, 4.69) is 58.1 Å². The molecule has 0 bridgehead atoms. The zero-order valence-corrected chi connectivity index (χ0v) is 20.0. The number of carbonyl (C=O) groups excluding carboxylic acids is 1. The minimum Gasteiger partial charge on any atom is -0.356 e. The van der Waals surface area contributed by atoms with Gasteiger partial charge in [-0.15, -0.1) is 24.0 Å². The Morgan fingerprint density at radius 2 is 1.67 bits per heavy atom. The molecule has 0 aliphatic rings. The second-order valence-corrected chi connectivity index (χ2v) is 7.18. The Morgan fingerprint density at radius 3 is 2.40 bits per heavy atom. The molecular formula is C24H29IN4O. The Bertz CT molecular complexity index is 1020. The number of carbonyl (C=O) groups is 1. The van der Waals surface area contributed by atoms with Crippen LogP contribution in [0.2, 0.25) is 0 Å². The summed E-state index contributed by atoms with van der Waals surface area (Å²) >= 11 is 0. The van der Waals surface area contributed by atoms with E-state index < -0.39 is 0 Å². The minimum atomic E-state index is 0. The number of guanidine groups is 1. The molecule has 6 heteroatoms. The first-order chi connectivity index (χ1) is 14.1. The van der Waals surface area contributed by atoms with Gasteiger partial charge in [0.1, 0.15) is 0 Å². The Kier molecular flexibility index (Phi) is 9.11. The van der Waals surface area contributed by atoms with Crippen LogP contribution in [0.25, 0.3) is 10.8 Å². The number of fused-ring (bicyclic) bond motifs is 1. The number of hydrogen-bond acceptors (Lipinski definition) is 2. The molecule has 1 amide bonds. The van der Waals surface area contributed by atoms with Crippen LogP contribution in [0.4, 0.5) is 0 Å². The van der Waals surface area contributed by atoms with Crippen LogP contribution >= 0.6 is 24.0 Å². The average Bonchev–Trinajstić information content (AvgIpc) is 2.75. The predicted molar refractivity (Wildman–Crippen MR) is 136 cm³/mol. The summed E-state index contributed by atoms with van der Waals surface area (Å²) in [7, 11) is 5.30. The van der Waals surface area contributed by atoms with Gasteiger partial charge in [-0.3, -0.25) is 9.79 Å². The lowest BCUT2D eigenvalue weighted by Gasteiger charge is -2.13. The van der Waals surface area contributed by atoms with E-state index in [4.69, 9.17) is 0 Å². The average molecular weight is 516 g/mol. The first-order valence-electron chi connectivity index (χ1n) is 9.79. The standard InChI is InChI=1S/C24H28N4O.HI/c1-25-24(27-17-19-11-12-20-8-4-5-9-21(20)16-19)26-14-13-18-7-6-10-22(15-18)23(29)28(2)3;/h4-12,15-16H,13-14,17H2,1-3H3,(H2,25,26,27);1H. The fraction of sp³-hybridized carbons (Fsp3) is 0.250. The van der Waals surface area contributed by atoms with E-state index in [1.165, 1.54) is 16.3 Å². The summed E-state index contributed by atoms with van der Waals surface area (Å²) in [6.07, 6.45) is 0.811. The lowest BCUT2D eigenvalue weighted by molar-refractivity contribution is 0.0827. The largest absolute Gasteiger partial charge is 0.356 e. The molecule has 0 saturated carbocycles. The quantitative estimate of drug-likeness (QED) is 0.295. The molecule has 0 saturated heterocycles. The Morgan fingerprint density at radius 1 is 0.900 bits per heavy atom. The highest BCUT2D eigenvalue weighted by atomic mass is 127. The molecule has 3 aromatic rings. The van der Waals surface area contributed by atoms with E-state index in [0.29, 0.717) is 12.1 Å². The smallest absolute Gasteiger partial charge is 0.253 e. The summed E-state index contributed by atoms with van der Waals surface area (Å²) in [4.78, 5) is 18.0. The highest BCUT2D eigenvalue weighted by Crippen LogP contribution is 2.15. The third-order valence-corrected chi connectivity index (χ3v) is 4.78. The molecule has 5 nitrogen and oxygen atoms in total. The van der Waals surface area contributed by atoms with Gasteiger partial charge in [0.15, 0.2) is 5.96 Å². The molecular weight excluding hydrogens is 487 g/mol. The topological polar surface area (TPSA) is 56.7 Å². The van der Waals surface area contributed by atoms with Crippen LogP contribution in [0.1, 0.15) is 21.5 Å². The van der Waals surface area contributed by atoms with Crippen molar-refractivity contribution < 1.29 is 4.79 Å². The number of halogens is 1. The molecule has 2 N–H and O–H groups in total. The molecule has 3 aromatic carbocycles. The number of nitrogens with one attached hydrogen (secondary N) is 2. The lowest BCUT2D eigenvalue weighted by atomic mass is 10.1. The summed E-state index contributed by atoms with van der Waals surface area (Å²) in [6, 6.07) is 22.6. The van der Waals surface area contributed by atoms with Gasteiger partial charge >= 0.3 is 0 Å². The molecule has 0 atom stereocenters. The van der Waals surface area contributed by atoms with E-state index in [1.54, 1.807) is 26.0 Å². The molecule has 3 rings (SSSR count). The predicted octanol–water partition coefficient (Wildman–Crippen LogP) is 4.07. The van der Waals surface area contributed by atoms with Crippen LogP contribution in [-0.4, -0.2) is 44.5 Å². The maximum absolute atomic E-state index is 12.1. The Hall–Kier alpha value is -2.61. The number of rotatable bonds is 6. The Labute approximate surface area is 195 Å². The maximum atomic E-state index is 12.1. The lowest BCUT2D eigenvalue weighted by Crippen LogP contribution is -2.37. The van der Waals surface area contributed by atoms with Crippen molar-refractivity contribution in [2.24, 2.45) is 4.99 Å². The number of benzene rings is 3. The SMILES string of the molecule is CN=C(NCCc1cccc(C(=O)N(C)C)c1)NCc1ccc2ccccc2c1.I. The first kappa shape index (κ1) is 23.7. The molecule has 0 radical (unpaired) electrons. The van der Waals surface area contributed by atoms with Crippen molar-refractivity contribution in [1.82, 2.24) is 15.5 Å². The second-order valence-electron chi connectivity index (χ2n) is 7.18. The molecule has 0 heterocycles. The second kappa shape index (κ2) is 11.5. The van der Waals surface area contributed by atoms with Crippen LogP contribution in [0.5, 0.6) is 0 Å². The first-order valence-corrected chi connectivity index (χ1v) is 9.79. The fourth-order valence-electron chi connectivity index (χ4n) is 3.20. The van der Waals surface area contributed by atoms with Gasteiger partial charge in [-0.2, -0.15) is 0 Å². The fourth-order valence-corrected chi connectivity index (χ4v) is 3.20. The van der Waals surface area contributed by atoms with Crippen molar-refractivity contribution in [1.29, 1.82) is 0 Å². The molecule has 0 aromatic heterocycles.